The fourth-order valence-electron chi connectivity index (χ4n) is 3.24. The van der Waals surface area contributed by atoms with E-state index in [0.29, 0.717) is 5.56 Å². The standard InChI is InChI=1S/C16H19NO2/c1-3-17-14-7-5-4-6-12(14)13-10-11(16(18)19-2)8-9-15(13)17/h8-10H,3-7H2,1-2H3. The number of methoxy groups -OCH3 is 1. The molecule has 0 spiro atoms. The van der Waals surface area contributed by atoms with Crippen molar-refractivity contribution >= 4 is 16.9 Å². The normalized spacial score (nSPS) is 14.4. The largest absolute Gasteiger partial charge is 0.465 e. The van der Waals surface area contributed by atoms with E-state index in [-0.39, 0.29) is 5.97 Å². The molecule has 1 aliphatic carbocycles. The van der Waals surface area contributed by atoms with Gasteiger partial charge in [-0.2, -0.15) is 0 Å². The maximum atomic E-state index is 11.7. The van der Waals surface area contributed by atoms with Crippen LogP contribution in [0.3, 0.4) is 0 Å². The quantitative estimate of drug-likeness (QED) is 0.773. The van der Waals surface area contributed by atoms with Crippen molar-refractivity contribution in [2.45, 2.75) is 39.2 Å². The molecule has 0 radical (unpaired) electrons. The second-order valence-corrected chi connectivity index (χ2v) is 5.10. The first kappa shape index (κ1) is 12.3. The zero-order chi connectivity index (χ0) is 13.4. The van der Waals surface area contributed by atoms with Crippen LogP contribution in [0.15, 0.2) is 18.2 Å². The molecule has 2 aromatic rings. The summed E-state index contributed by atoms with van der Waals surface area (Å²) in [4.78, 5) is 11.7. The number of hydrogen-bond donors (Lipinski definition) is 0. The third-order valence-corrected chi connectivity index (χ3v) is 4.11. The van der Waals surface area contributed by atoms with Gasteiger partial charge in [0.05, 0.1) is 12.7 Å². The Labute approximate surface area is 113 Å². The zero-order valence-corrected chi connectivity index (χ0v) is 11.5. The van der Waals surface area contributed by atoms with Crippen molar-refractivity contribution in [3.63, 3.8) is 0 Å². The summed E-state index contributed by atoms with van der Waals surface area (Å²) in [5, 5.41) is 1.24. The molecule has 0 unspecified atom stereocenters. The Bertz CT molecular complexity index is 640. The number of nitrogens with zero attached hydrogens (tertiary/aromatic N) is 1. The highest BCUT2D eigenvalue weighted by Gasteiger charge is 2.20. The summed E-state index contributed by atoms with van der Waals surface area (Å²) in [6.45, 7) is 3.17. The van der Waals surface area contributed by atoms with Gasteiger partial charge in [-0.1, -0.05) is 0 Å². The second kappa shape index (κ2) is 4.72. The molecule has 3 heteroatoms. The molecule has 0 atom stereocenters. The van der Waals surface area contributed by atoms with E-state index in [1.54, 1.807) is 0 Å². The van der Waals surface area contributed by atoms with Crippen LogP contribution in [0.4, 0.5) is 0 Å². The molecule has 3 rings (SSSR count). The van der Waals surface area contributed by atoms with Gasteiger partial charge in [-0.05, 0) is 56.4 Å². The first-order valence-electron chi connectivity index (χ1n) is 6.98. The van der Waals surface area contributed by atoms with E-state index in [2.05, 4.69) is 17.6 Å². The summed E-state index contributed by atoms with van der Waals surface area (Å²) < 4.78 is 7.21. The van der Waals surface area contributed by atoms with E-state index in [4.69, 9.17) is 4.74 Å². The van der Waals surface area contributed by atoms with Gasteiger partial charge in [0.25, 0.3) is 0 Å². The van der Waals surface area contributed by atoms with Gasteiger partial charge in [-0.3, -0.25) is 0 Å². The van der Waals surface area contributed by atoms with Crippen molar-refractivity contribution in [1.82, 2.24) is 4.57 Å². The number of carbonyl (C=O) groups is 1. The van der Waals surface area contributed by atoms with Crippen LogP contribution in [0.2, 0.25) is 0 Å². The van der Waals surface area contributed by atoms with Crippen LogP contribution in [0.25, 0.3) is 10.9 Å². The van der Waals surface area contributed by atoms with Gasteiger partial charge in [-0.15, -0.1) is 0 Å². The molecule has 0 amide bonds. The molecule has 1 heterocycles. The van der Waals surface area contributed by atoms with Crippen LogP contribution in [-0.4, -0.2) is 17.6 Å². The molecule has 19 heavy (non-hydrogen) atoms. The number of rotatable bonds is 2. The molecular formula is C16H19NO2. The number of benzene rings is 1. The van der Waals surface area contributed by atoms with Crippen LogP contribution in [0.5, 0.6) is 0 Å². The Morgan fingerprint density at radius 2 is 2.11 bits per heavy atom. The molecular weight excluding hydrogens is 238 g/mol. The van der Waals surface area contributed by atoms with E-state index in [0.717, 1.165) is 19.4 Å². The minimum atomic E-state index is -0.254. The van der Waals surface area contributed by atoms with Crippen LogP contribution >= 0.6 is 0 Å². The minimum absolute atomic E-state index is 0.254. The van der Waals surface area contributed by atoms with Gasteiger partial charge in [0, 0.05) is 23.1 Å². The predicted octanol–water partition coefficient (Wildman–Crippen LogP) is 3.33. The average molecular weight is 257 g/mol. The molecule has 0 saturated carbocycles. The first-order chi connectivity index (χ1) is 9.26. The SMILES string of the molecule is CCn1c2c(c3cc(C(=O)OC)ccc31)CCCC2. The zero-order valence-electron chi connectivity index (χ0n) is 11.5. The Morgan fingerprint density at radius 3 is 2.84 bits per heavy atom. The lowest BCUT2D eigenvalue weighted by atomic mass is 9.95. The fourth-order valence-corrected chi connectivity index (χ4v) is 3.24. The topological polar surface area (TPSA) is 31.2 Å². The maximum absolute atomic E-state index is 11.7. The lowest BCUT2D eigenvalue weighted by Crippen LogP contribution is -2.06. The number of carbonyl (C=O) groups excluding carboxylic acids is 1. The third kappa shape index (κ3) is 1.84. The van der Waals surface area contributed by atoms with Crippen LogP contribution in [-0.2, 0) is 24.1 Å². The van der Waals surface area contributed by atoms with Gasteiger partial charge in [-0.25, -0.2) is 4.79 Å². The number of esters is 1. The molecule has 0 N–H and O–H groups in total. The van der Waals surface area contributed by atoms with Crippen molar-refractivity contribution < 1.29 is 9.53 Å². The highest BCUT2D eigenvalue weighted by molar-refractivity contribution is 5.96. The van der Waals surface area contributed by atoms with Crippen LogP contribution in [0.1, 0.15) is 41.4 Å². The molecule has 1 aliphatic rings. The van der Waals surface area contributed by atoms with Gasteiger partial charge >= 0.3 is 5.97 Å². The number of aryl methyl sites for hydroxylation is 2. The Balaban J connectivity index is 2.25. The number of ether oxygens (including phenoxy) is 1. The van der Waals surface area contributed by atoms with E-state index in [9.17, 15) is 4.79 Å². The molecule has 1 aromatic carbocycles. The first-order valence-corrected chi connectivity index (χ1v) is 6.98. The molecule has 0 fully saturated rings. The number of fused-ring (bicyclic) bond motifs is 3. The van der Waals surface area contributed by atoms with E-state index in [1.807, 2.05) is 12.1 Å². The van der Waals surface area contributed by atoms with Gasteiger partial charge in [0.1, 0.15) is 0 Å². The molecule has 1 aromatic heterocycles. The van der Waals surface area contributed by atoms with Crippen molar-refractivity contribution in [3.05, 3.63) is 35.0 Å². The summed E-state index contributed by atoms with van der Waals surface area (Å²) in [6, 6.07) is 5.92. The molecule has 0 bridgehead atoms. The Hall–Kier alpha value is -1.77. The fraction of sp³-hybridized carbons (Fsp3) is 0.438. The van der Waals surface area contributed by atoms with Crippen LogP contribution < -0.4 is 0 Å². The van der Waals surface area contributed by atoms with Crippen LogP contribution in [0, 0.1) is 0 Å². The molecule has 0 aliphatic heterocycles. The average Bonchev–Trinajstić information content (AvgIpc) is 2.79. The lowest BCUT2D eigenvalue weighted by Gasteiger charge is -2.14. The monoisotopic (exact) mass is 257 g/mol. The van der Waals surface area contributed by atoms with Crippen molar-refractivity contribution in [1.29, 1.82) is 0 Å². The van der Waals surface area contributed by atoms with E-state index < -0.39 is 0 Å². The van der Waals surface area contributed by atoms with E-state index >= 15 is 0 Å². The number of hydrogen-bond acceptors (Lipinski definition) is 2. The molecule has 0 saturated heterocycles. The molecule has 100 valence electrons. The summed E-state index contributed by atoms with van der Waals surface area (Å²) >= 11 is 0. The summed E-state index contributed by atoms with van der Waals surface area (Å²) in [7, 11) is 1.43. The van der Waals surface area contributed by atoms with Crippen molar-refractivity contribution in [2.75, 3.05) is 7.11 Å². The van der Waals surface area contributed by atoms with Gasteiger partial charge in [0.2, 0.25) is 0 Å². The summed E-state index contributed by atoms with van der Waals surface area (Å²) in [5.41, 5.74) is 4.80. The maximum Gasteiger partial charge on any atom is 0.337 e. The van der Waals surface area contributed by atoms with Gasteiger partial charge < -0.3 is 9.30 Å². The molecule has 3 nitrogen and oxygen atoms in total. The Kier molecular flexibility index (Phi) is 3.05. The van der Waals surface area contributed by atoms with Gasteiger partial charge in [0.15, 0.2) is 0 Å². The highest BCUT2D eigenvalue weighted by atomic mass is 16.5. The second-order valence-electron chi connectivity index (χ2n) is 5.10. The summed E-state index contributed by atoms with van der Waals surface area (Å²) in [6.07, 6.45) is 4.81. The number of aromatic nitrogens is 1. The lowest BCUT2D eigenvalue weighted by molar-refractivity contribution is 0.0601. The smallest absolute Gasteiger partial charge is 0.337 e. The van der Waals surface area contributed by atoms with Crippen molar-refractivity contribution in [3.8, 4) is 0 Å². The minimum Gasteiger partial charge on any atom is -0.465 e. The Morgan fingerprint density at radius 1 is 1.32 bits per heavy atom. The van der Waals surface area contributed by atoms with Crippen molar-refractivity contribution in [2.24, 2.45) is 0 Å². The summed E-state index contributed by atoms with van der Waals surface area (Å²) in [5.74, 6) is -0.254. The predicted molar refractivity (Wildman–Crippen MR) is 75.6 cm³/mol. The van der Waals surface area contributed by atoms with E-state index in [1.165, 1.54) is 42.1 Å². The highest BCUT2D eigenvalue weighted by Crippen LogP contribution is 2.32. The third-order valence-electron chi connectivity index (χ3n) is 4.11.